The molecule has 96 valence electrons. The fraction of sp³-hybridized carbons (Fsp3) is 0.467. The number of H-pyrrole nitrogens is 1. The van der Waals surface area contributed by atoms with Crippen LogP contribution >= 0.6 is 0 Å². The van der Waals surface area contributed by atoms with Gasteiger partial charge in [0.25, 0.3) is 0 Å². The molecule has 0 aliphatic carbocycles. The number of ether oxygens (including phenoxy) is 1. The predicted octanol–water partition coefficient (Wildman–Crippen LogP) is 2.48. The fourth-order valence-electron chi connectivity index (χ4n) is 3.28. The van der Waals surface area contributed by atoms with Crippen molar-refractivity contribution in [1.29, 1.82) is 0 Å². The van der Waals surface area contributed by atoms with Crippen molar-refractivity contribution in [3.8, 4) is 0 Å². The van der Waals surface area contributed by atoms with Gasteiger partial charge in [0.2, 0.25) is 0 Å². The zero-order valence-electron chi connectivity index (χ0n) is 10.8. The first-order valence-corrected chi connectivity index (χ1v) is 6.62. The fourth-order valence-corrected chi connectivity index (χ4v) is 3.28. The van der Waals surface area contributed by atoms with Gasteiger partial charge >= 0.3 is 0 Å². The summed E-state index contributed by atoms with van der Waals surface area (Å²) in [6, 6.07) is 8.50. The monoisotopic (exact) mass is 244 g/mol. The second-order valence-electron chi connectivity index (χ2n) is 5.27. The lowest BCUT2D eigenvalue weighted by Gasteiger charge is -2.37. The third-order valence-electron chi connectivity index (χ3n) is 4.26. The van der Waals surface area contributed by atoms with E-state index < -0.39 is 0 Å². The summed E-state index contributed by atoms with van der Waals surface area (Å²) in [4.78, 5) is 3.49. The molecule has 1 aromatic heterocycles. The van der Waals surface area contributed by atoms with Gasteiger partial charge < -0.3 is 15.5 Å². The molecule has 0 spiro atoms. The van der Waals surface area contributed by atoms with Crippen molar-refractivity contribution in [3.05, 3.63) is 35.5 Å². The van der Waals surface area contributed by atoms with Crippen LogP contribution in [0.15, 0.2) is 24.3 Å². The summed E-state index contributed by atoms with van der Waals surface area (Å²) < 4.78 is 5.51. The number of nitrogens with one attached hydrogen (secondary N) is 1. The number of hydrogen-bond acceptors (Lipinski definition) is 2. The van der Waals surface area contributed by atoms with Crippen LogP contribution in [0.25, 0.3) is 10.9 Å². The van der Waals surface area contributed by atoms with Gasteiger partial charge in [-0.3, -0.25) is 0 Å². The number of fused-ring (bicyclic) bond motifs is 1. The van der Waals surface area contributed by atoms with E-state index in [4.69, 9.17) is 10.5 Å². The number of hydrogen-bond donors (Lipinski definition) is 2. The summed E-state index contributed by atoms with van der Waals surface area (Å²) in [7, 11) is 0. The van der Waals surface area contributed by atoms with Gasteiger partial charge in [0.05, 0.1) is 0 Å². The number of aromatic amines is 1. The Kier molecular flexibility index (Phi) is 2.88. The lowest BCUT2D eigenvalue weighted by atomic mass is 9.73. The van der Waals surface area contributed by atoms with Crippen molar-refractivity contribution in [2.75, 3.05) is 19.8 Å². The summed E-state index contributed by atoms with van der Waals surface area (Å²) in [6.07, 6.45) is 2.04. The van der Waals surface area contributed by atoms with Crippen molar-refractivity contribution in [2.45, 2.75) is 25.2 Å². The predicted molar refractivity (Wildman–Crippen MR) is 73.8 cm³/mol. The highest BCUT2D eigenvalue weighted by atomic mass is 16.5. The second kappa shape index (κ2) is 4.41. The van der Waals surface area contributed by atoms with Crippen LogP contribution in [0, 0.1) is 6.92 Å². The molecule has 1 aliphatic heterocycles. The number of benzene rings is 1. The molecule has 0 radical (unpaired) electrons. The van der Waals surface area contributed by atoms with Crippen molar-refractivity contribution >= 4 is 10.9 Å². The molecular formula is C15H20N2O. The smallest absolute Gasteiger partial charge is 0.0475 e. The van der Waals surface area contributed by atoms with Crippen LogP contribution in [0.1, 0.15) is 24.1 Å². The molecule has 2 aromatic rings. The molecule has 0 amide bonds. The maximum Gasteiger partial charge on any atom is 0.0475 e. The van der Waals surface area contributed by atoms with E-state index in [-0.39, 0.29) is 5.41 Å². The Bertz CT molecular complexity index is 553. The van der Waals surface area contributed by atoms with E-state index in [0.29, 0.717) is 6.54 Å². The normalized spacial score (nSPS) is 19.2. The Morgan fingerprint density at radius 3 is 2.72 bits per heavy atom. The Morgan fingerprint density at radius 2 is 2.00 bits per heavy atom. The van der Waals surface area contributed by atoms with Gasteiger partial charge in [-0.2, -0.15) is 0 Å². The van der Waals surface area contributed by atoms with Crippen LogP contribution in [0.3, 0.4) is 0 Å². The molecule has 1 fully saturated rings. The van der Waals surface area contributed by atoms with Gasteiger partial charge in [-0.1, -0.05) is 18.2 Å². The molecular weight excluding hydrogens is 224 g/mol. The highest BCUT2D eigenvalue weighted by molar-refractivity contribution is 5.85. The van der Waals surface area contributed by atoms with E-state index in [1.54, 1.807) is 0 Å². The number of nitrogens with two attached hydrogens (primary N) is 1. The van der Waals surface area contributed by atoms with Gasteiger partial charge in [-0.05, 0) is 31.4 Å². The molecule has 1 aromatic carbocycles. The average molecular weight is 244 g/mol. The molecule has 0 unspecified atom stereocenters. The van der Waals surface area contributed by atoms with E-state index in [2.05, 4.69) is 36.2 Å². The quantitative estimate of drug-likeness (QED) is 0.852. The molecule has 0 atom stereocenters. The number of aromatic nitrogens is 1. The second-order valence-corrected chi connectivity index (χ2v) is 5.27. The Balaban J connectivity index is 2.19. The average Bonchev–Trinajstić information content (AvgIpc) is 2.76. The summed E-state index contributed by atoms with van der Waals surface area (Å²) in [5.74, 6) is 0. The van der Waals surface area contributed by atoms with Gasteiger partial charge in [0.1, 0.15) is 0 Å². The Labute approximate surface area is 107 Å². The molecule has 3 nitrogen and oxygen atoms in total. The highest BCUT2D eigenvalue weighted by Gasteiger charge is 2.36. The third kappa shape index (κ3) is 1.66. The van der Waals surface area contributed by atoms with E-state index in [1.807, 2.05) is 0 Å². The van der Waals surface area contributed by atoms with Crippen molar-refractivity contribution in [3.63, 3.8) is 0 Å². The number of aryl methyl sites for hydroxylation is 1. The topological polar surface area (TPSA) is 51.0 Å². The minimum absolute atomic E-state index is 0.0853. The van der Waals surface area contributed by atoms with Crippen molar-refractivity contribution < 1.29 is 4.74 Å². The first kappa shape index (κ1) is 11.8. The molecule has 3 rings (SSSR count). The maximum atomic E-state index is 6.12. The minimum atomic E-state index is 0.0853. The Morgan fingerprint density at radius 1 is 1.28 bits per heavy atom. The minimum Gasteiger partial charge on any atom is -0.381 e. The zero-order valence-corrected chi connectivity index (χ0v) is 10.8. The van der Waals surface area contributed by atoms with Crippen molar-refractivity contribution in [2.24, 2.45) is 5.73 Å². The summed E-state index contributed by atoms with van der Waals surface area (Å²) in [6.45, 7) is 4.48. The lowest BCUT2D eigenvalue weighted by molar-refractivity contribution is 0.0532. The third-order valence-corrected chi connectivity index (χ3v) is 4.26. The van der Waals surface area contributed by atoms with Gasteiger partial charge in [0, 0.05) is 41.8 Å². The Hall–Kier alpha value is -1.32. The van der Waals surface area contributed by atoms with Crippen LogP contribution in [0.5, 0.6) is 0 Å². The number of para-hydroxylation sites is 1. The van der Waals surface area contributed by atoms with Crippen LogP contribution < -0.4 is 5.73 Å². The lowest BCUT2D eigenvalue weighted by Crippen LogP contribution is -2.41. The molecule has 3 heteroatoms. The largest absolute Gasteiger partial charge is 0.381 e. The number of rotatable bonds is 2. The van der Waals surface area contributed by atoms with E-state index >= 15 is 0 Å². The molecule has 0 bridgehead atoms. The molecule has 1 aliphatic rings. The first-order valence-electron chi connectivity index (χ1n) is 6.62. The van der Waals surface area contributed by atoms with Crippen molar-refractivity contribution in [1.82, 2.24) is 4.98 Å². The van der Waals surface area contributed by atoms with Crippen LogP contribution in [-0.2, 0) is 10.2 Å². The van der Waals surface area contributed by atoms with Crippen LogP contribution in [0.4, 0.5) is 0 Å². The molecule has 0 saturated carbocycles. The van der Waals surface area contributed by atoms with E-state index in [9.17, 15) is 0 Å². The molecule has 1 saturated heterocycles. The van der Waals surface area contributed by atoms with Crippen LogP contribution in [0.2, 0.25) is 0 Å². The van der Waals surface area contributed by atoms with E-state index in [0.717, 1.165) is 26.1 Å². The van der Waals surface area contributed by atoms with Gasteiger partial charge in [-0.25, -0.2) is 0 Å². The van der Waals surface area contributed by atoms with E-state index in [1.165, 1.54) is 22.2 Å². The van der Waals surface area contributed by atoms with Gasteiger partial charge in [0.15, 0.2) is 0 Å². The van der Waals surface area contributed by atoms with Gasteiger partial charge in [-0.15, -0.1) is 0 Å². The summed E-state index contributed by atoms with van der Waals surface area (Å²) in [5, 5.41) is 1.32. The standard InChI is InChI=1S/C15H20N2O/c1-11-14(12-4-2-3-5-13(12)17-11)15(10-16)6-8-18-9-7-15/h2-5,17H,6-10,16H2,1H3. The molecule has 18 heavy (non-hydrogen) atoms. The highest BCUT2D eigenvalue weighted by Crippen LogP contribution is 2.39. The molecule has 2 heterocycles. The summed E-state index contributed by atoms with van der Waals surface area (Å²) >= 11 is 0. The zero-order chi connectivity index (χ0) is 12.6. The summed E-state index contributed by atoms with van der Waals surface area (Å²) in [5.41, 5.74) is 10.1. The first-order chi connectivity index (χ1) is 8.77. The molecule has 3 N–H and O–H groups in total. The maximum absolute atomic E-state index is 6.12. The van der Waals surface area contributed by atoms with Crippen LogP contribution in [-0.4, -0.2) is 24.7 Å². The SMILES string of the molecule is Cc1[nH]c2ccccc2c1C1(CN)CCOCC1.